The summed E-state index contributed by atoms with van der Waals surface area (Å²) in [6.45, 7) is 8.87. The SMILES string of the molecule is CC(C)CN(C)C(C)(C)c1cc(O)c2c(c1Cl)C[C@H]1C[C@H]3[C@H](N(C)C)C(=O)C(C(N)=O)C(=O)[C@@]3(O)C(=O)C1C2=O. The highest BCUT2D eigenvalue weighted by molar-refractivity contribution is 6.35. The van der Waals surface area contributed by atoms with Crippen LogP contribution >= 0.6 is 11.6 Å². The van der Waals surface area contributed by atoms with Crippen molar-refractivity contribution < 1.29 is 34.2 Å². The number of hydrogen-bond donors (Lipinski definition) is 3. The number of phenols is 1. The Balaban J connectivity index is 1.85. The monoisotopic (exact) mass is 575 g/mol. The molecule has 0 spiro atoms. The normalized spacial score (nSPS) is 30.6. The average molecular weight is 576 g/mol. The van der Waals surface area contributed by atoms with E-state index in [4.69, 9.17) is 17.3 Å². The molecule has 1 aromatic rings. The molecule has 6 atom stereocenters. The Morgan fingerprint density at radius 3 is 2.30 bits per heavy atom. The molecule has 4 rings (SSSR count). The zero-order chi connectivity index (χ0) is 30.2. The lowest BCUT2D eigenvalue weighted by Crippen LogP contribution is -2.74. The van der Waals surface area contributed by atoms with Crippen LogP contribution in [-0.2, 0) is 31.1 Å². The first kappa shape index (κ1) is 30.3. The summed E-state index contributed by atoms with van der Waals surface area (Å²) in [7, 11) is 5.05. The number of fused-ring (bicyclic) bond motifs is 3. The maximum Gasteiger partial charge on any atom is 0.235 e. The largest absolute Gasteiger partial charge is 0.507 e. The number of carbonyl (C=O) groups excluding carboxylic acids is 5. The van der Waals surface area contributed by atoms with E-state index in [9.17, 15) is 34.2 Å². The fourth-order valence-corrected chi connectivity index (χ4v) is 7.53. The van der Waals surface area contributed by atoms with Gasteiger partial charge in [0.05, 0.1) is 17.5 Å². The third kappa shape index (κ3) is 4.22. The highest BCUT2D eigenvalue weighted by atomic mass is 35.5. The molecule has 0 radical (unpaired) electrons. The summed E-state index contributed by atoms with van der Waals surface area (Å²) in [5, 5.41) is 23.1. The van der Waals surface area contributed by atoms with Crippen molar-refractivity contribution >= 4 is 40.6 Å². The number of phenolic OH excluding ortho intramolecular Hbond substituents is 1. The number of primary amides is 1. The van der Waals surface area contributed by atoms with E-state index in [0.717, 1.165) is 6.54 Å². The van der Waals surface area contributed by atoms with Crippen LogP contribution in [0.25, 0.3) is 0 Å². The Morgan fingerprint density at radius 1 is 1.18 bits per heavy atom. The van der Waals surface area contributed by atoms with Gasteiger partial charge in [0.15, 0.2) is 34.7 Å². The molecule has 2 fully saturated rings. The molecule has 218 valence electrons. The number of amides is 1. The van der Waals surface area contributed by atoms with Gasteiger partial charge in [-0.25, -0.2) is 0 Å². The van der Waals surface area contributed by atoms with Gasteiger partial charge in [0.1, 0.15) is 5.75 Å². The number of carbonyl (C=O) groups is 5. The molecule has 11 heteroatoms. The first-order chi connectivity index (χ1) is 18.4. The molecule has 0 aliphatic heterocycles. The van der Waals surface area contributed by atoms with Crippen LogP contribution in [0.2, 0.25) is 5.02 Å². The second kappa shape index (κ2) is 10.0. The molecular formula is C29H38ClN3O7. The van der Waals surface area contributed by atoms with Gasteiger partial charge in [-0.2, -0.15) is 0 Å². The molecule has 3 aliphatic rings. The van der Waals surface area contributed by atoms with E-state index >= 15 is 0 Å². The number of nitrogens with two attached hydrogens (primary N) is 1. The molecule has 2 unspecified atom stereocenters. The summed E-state index contributed by atoms with van der Waals surface area (Å²) in [5.74, 6) is -10.4. The Hall–Kier alpha value is -2.66. The van der Waals surface area contributed by atoms with Crippen molar-refractivity contribution in [3.05, 3.63) is 27.8 Å². The number of Topliss-reactive ketones (excluding diaryl/α,β-unsaturated/α-hetero) is 4. The second-order valence-corrected chi connectivity index (χ2v) is 13.1. The van der Waals surface area contributed by atoms with Crippen LogP contribution in [0, 0.1) is 29.6 Å². The molecule has 4 N–H and O–H groups in total. The van der Waals surface area contributed by atoms with E-state index in [1.54, 1.807) is 14.1 Å². The van der Waals surface area contributed by atoms with E-state index in [2.05, 4.69) is 18.7 Å². The zero-order valence-electron chi connectivity index (χ0n) is 23.9. The fourth-order valence-electron chi connectivity index (χ4n) is 7.07. The third-order valence-electron chi connectivity index (χ3n) is 9.25. The second-order valence-electron chi connectivity index (χ2n) is 12.7. The first-order valence-electron chi connectivity index (χ1n) is 13.5. The minimum atomic E-state index is -2.75. The quantitative estimate of drug-likeness (QED) is 0.425. The highest BCUT2D eigenvalue weighted by Crippen LogP contribution is 2.52. The van der Waals surface area contributed by atoms with Crippen LogP contribution in [-0.4, -0.2) is 88.4 Å². The standard InChI is InChI=1S/C29H38ClN3O7/c1-12(2)11-33(7)28(3,4)15-10-17(34)19-14(21(15)30)8-13-9-16-22(32(5)6)24(36)20(27(31)39)26(38)29(16,40)25(37)18(13)23(19)35/h10,12-13,16,18,20,22,34,40H,8-9,11H2,1-7H3,(H2,31,39)/t13-,16-,18?,20?,22-,29-/m0/s1. The number of likely N-dealkylation sites (N-methyl/N-ethyl adjacent to an activating group) is 1. The van der Waals surface area contributed by atoms with E-state index < -0.39 is 69.9 Å². The highest BCUT2D eigenvalue weighted by Gasteiger charge is 2.69. The Labute approximate surface area is 238 Å². The lowest BCUT2D eigenvalue weighted by molar-refractivity contribution is -0.181. The van der Waals surface area contributed by atoms with Crippen molar-refractivity contribution in [1.82, 2.24) is 9.80 Å². The van der Waals surface area contributed by atoms with Crippen molar-refractivity contribution in [3.8, 4) is 5.75 Å². The van der Waals surface area contributed by atoms with E-state index in [-0.39, 0.29) is 24.2 Å². The maximum atomic E-state index is 13.9. The lowest BCUT2D eigenvalue weighted by atomic mass is 9.52. The van der Waals surface area contributed by atoms with Crippen molar-refractivity contribution in [2.75, 3.05) is 27.7 Å². The number of halogens is 1. The summed E-state index contributed by atoms with van der Waals surface area (Å²) >= 11 is 6.95. The van der Waals surface area contributed by atoms with Gasteiger partial charge in [0.2, 0.25) is 5.91 Å². The van der Waals surface area contributed by atoms with Gasteiger partial charge in [0.25, 0.3) is 0 Å². The molecule has 40 heavy (non-hydrogen) atoms. The zero-order valence-corrected chi connectivity index (χ0v) is 24.7. The van der Waals surface area contributed by atoms with E-state index in [0.29, 0.717) is 22.1 Å². The van der Waals surface area contributed by atoms with Crippen LogP contribution in [0.15, 0.2) is 6.07 Å². The molecule has 3 aliphatic carbocycles. The van der Waals surface area contributed by atoms with Crippen molar-refractivity contribution in [1.29, 1.82) is 0 Å². The van der Waals surface area contributed by atoms with Gasteiger partial charge in [-0.3, -0.25) is 33.8 Å². The van der Waals surface area contributed by atoms with Crippen molar-refractivity contribution in [3.63, 3.8) is 0 Å². The molecular weight excluding hydrogens is 538 g/mol. The van der Waals surface area contributed by atoms with E-state index in [1.165, 1.54) is 11.0 Å². The predicted molar refractivity (Wildman–Crippen MR) is 147 cm³/mol. The summed E-state index contributed by atoms with van der Waals surface area (Å²) in [5.41, 5.74) is 2.90. The Bertz CT molecular complexity index is 1320. The molecule has 0 bridgehead atoms. The molecule has 10 nitrogen and oxygen atoms in total. The summed E-state index contributed by atoms with van der Waals surface area (Å²) in [4.78, 5) is 70.0. The average Bonchev–Trinajstić information content (AvgIpc) is 2.82. The molecule has 2 saturated carbocycles. The molecule has 0 saturated heterocycles. The summed E-state index contributed by atoms with van der Waals surface area (Å²) in [6, 6.07) is 0.289. The Kier molecular flexibility index (Phi) is 7.58. The Morgan fingerprint density at radius 2 is 1.77 bits per heavy atom. The number of ketones is 4. The van der Waals surface area contributed by atoms with Crippen molar-refractivity contribution in [2.45, 2.75) is 57.7 Å². The molecule has 0 heterocycles. The van der Waals surface area contributed by atoms with Gasteiger partial charge in [-0.1, -0.05) is 25.4 Å². The maximum absolute atomic E-state index is 13.9. The van der Waals surface area contributed by atoms with Gasteiger partial charge in [-0.05, 0) is 76.9 Å². The minimum absolute atomic E-state index is 0.0259. The fraction of sp³-hybridized carbons (Fsp3) is 0.621. The van der Waals surface area contributed by atoms with Crippen LogP contribution in [0.3, 0.4) is 0 Å². The minimum Gasteiger partial charge on any atom is -0.507 e. The number of benzene rings is 1. The van der Waals surface area contributed by atoms with Crippen LogP contribution in [0.4, 0.5) is 0 Å². The molecule has 0 aromatic heterocycles. The number of aromatic hydroxyl groups is 1. The van der Waals surface area contributed by atoms with Crippen LogP contribution in [0.1, 0.15) is 55.6 Å². The van der Waals surface area contributed by atoms with Crippen molar-refractivity contribution in [2.24, 2.45) is 35.3 Å². The van der Waals surface area contributed by atoms with Gasteiger partial charge < -0.3 is 15.9 Å². The number of rotatable bonds is 6. The lowest BCUT2D eigenvalue weighted by Gasteiger charge is -2.52. The number of hydrogen-bond acceptors (Lipinski definition) is 9. The number of nitrogens with zero attached hydrogens (tertiary/aromatic N) is 2. The van der Waals surface area contributed by atoms with Gasteiger partial charge in [-0.15, -0.1) is 0 Å². The number of aliphatic hydroxyl groups is 1. The molecule has 1 aromatic carbocycles. The van der Waals surface area contributed by atoms with E-state index in [1.807, 2.05) is 20.9 Å². The van der Waals surface area contributed by atoms with Gasteiger partial charge in [0, 0.05) is 23.0 Å². The predicted octanol–water partition coefficient (Wildman–Crippen LogP) is 1.34. The first-order valence-corrected chi connectivity index (χ1v) is 13.9. The van der Waals surface area contributed by atoms with Crippen LogP contribution in [0.5, 0.6) is 5.75 Å². The smallest absolute Gasteiger partial charge is 0.235 e. The molecule has 1 amide bonds. The van der Waals surface area contributed by atoms with Crippen LogP contribution < -0.4 is 5.73 Å². The third-order valence-corrected chi connectivity index (χ3v) is 9.68. The summed E-state index contributed by atoms with van der Waals surface area (Å²) in [6.07, 6.45) is 0.0951. The van der Waals surface area contributed by atoms with Gasteiger partial charge >= 0.3 is 0 Å². The summed E-state index contributed by atoms with van der Waals surface area (Å²) < 4.78 is 0. The topological polar surface area (TPSA) is 158 Å².